The van der Waals surface area contributed by atoms with Gasteiger partial charge in [0.05, 0.1) is 25.6 Å². The molecule has 0 amide bonds. The van der Waals surface area contributed by atoms with Crippen molar-refractivity contribution in [2.75, 3.05) is 14.2 Å². The van der Waals surface area contributed by atoms with E-state index in [0.717, 1.165) is 23.3 Å². The molecule has 0 bridgehead atoms. The quantitative estimate of drug-likeness (QED) is 0.168. The minimum absolute atomic E-state index is 0.328. The van der Waals surface area contributed by atoms with Crippen LogP contribution in [-0.4, -0.2) is 20.2 Å². The summed E-state index contributed by atoms with van der Waals surface area (Å²) in [5.41, 5.74) is 2.92. The highest BCUT2D eigenvalue weighted by atomic mass is 16.5. The Labute approximate surface area is 169 Å². The fourth-order valence-corrected chi connectivity index (χ4v) is 2.09. The maximum Gasteiger partial charge on any atom is 0.339 e. The molecule has 0 spiro atoms. The predicted octanol–water partition coefficient (Wildman–Crippen LogP) is 5.78. The van der Waals surface area contributed by atoms with Gasteiger partial charge in [-0.05, 0) is 49.6 Å². The van der Waals surface area contributed by atoms with Crippen LogP contribution in [0.3, 0.4) is 0 Å². The SMILES string of the molecule is C=C\C=C/C(=C\C#CC(/C=C\C)=C(/C=C)C(=O)OC)C(=C\C=C(/C)OC)/CC. The third-order valence-corrected chi connectivity index (χ3v) is 3.67. The number of carbonyl (C=O) groups excluding carboxylic acids is 1. The first-order valence-corrected chi connectivity index (χ1v) is 8.99. The average molecular weight is 379 g/mol. The molecule has 0 saturated heterocycles. The Hall–Kier alpha value is -3.25. The van der Waals surface area contributed by atoms with E-state index < -0.39 is 5.97 Å². The molecule has 0 aliphatic heterocycles. The first-order valence-electron chi connectivity index (χ1n) is 8.99. The van der Waals surface area contributed by atoms with Crippen LogP contribution in [0.4, 0.5) is 0 Å². The lowest BCUT2D eigenvalue weighted by Crippen LogP contribution is -2.04. The highest BCUT2D eigenvalue weighted by Gasteiger charge is 2.09. The third-order valence-electron chi connectivity index (χ3n) is 3.67. The number of hydrogen-bond acceptors (Lipinski definition) is 3. The molecule has 148 valence electrons. The molecule has 0 aliphatic rings. The fourth-order valence-electron chi connectivity index (χ4n) is 2.09. The van der Waals surface area contributed by atoms with Crippen LogP contribution >= 0.6 is 0 Å². The normalized spacial score (nSPS) is 13.7. The second-order valence-electron chi connectivity index (χ2n) is 5.51. The van der Waals surface area contributed by atoms with Crippen LogP contribution < -0.4 is 0 Å². The molecule has 3 heteroatoms. The summed E-state index contributed by atoms with van der Waals surface area (Å²) in [6.45, 7) is 13.2. The summed E-state index contributed by atoms with van der Waals surface area (Å²) in [5.74, 6) is 6.40. The van der Waals surface area contributed by atoms with Crippen molar-refractivity contribution in [1.29, 1.82) is 0 Å². The lowest BCUT2D eigenvalue weighted by atomic mass is 10.0. The number of carbonyl (C=O) groups is 1. The van der Waals surface area contributed by atoms with Crippen LogP contribution in [0, 0.1) is 11.8 Å². The number of methoxy groups -OCH3 is 2. The number of allylic oxidation sites excluding steroid dienone is 12. The van der Waals surface area contributed by atoms with Crippen LogP contribution in [-0.2, 0) is 14.3 Å². The van der Waals surface area contributed by atoms with Crippen molar-refractivity contribution in [2.45, 2.75) is 27.2 Å². The van der Waals surface area contributed by atoms with Gasteiger partial charge in [0.25, 0.3) is 0 Å². The second kappa shape index (κ2) is 14.9. The van der Waals surface area contributed by atoms with E-state index in [1.807, 2.05) is 50.3 Å². The summed E-state index contributed by atoms with van der Waals surface area (Å²) >= 11 is 0. The summed E-state index contributed by atoms with van der Waals surface area (Å²) in [6, 6.07) is 0. The molecule has 0 aromatic carbocycles. The molecule has 28 heavy (non-hydrogen) atoms. The lowest BCUT2D eigenvalue weighted by Gasteiger charge is -2.05. The number of hydrogen-bond donors (Lipinski definition) is 0. The number of esters is 1. The first kappa shape index (κ1) is 24.8. The predicted molar refractivity (Wildman–Crippen MR) is 118 cm³/mol. The topological polar surface area (TPSA) is 35.5 Å². The Morgan fingerprint density at radius 1 is 1.11 bits per heavy atom. The van der Waals surface area contributed by atoms with Crippen molar-refractivity contribution in [3.8, 4) is 11.8 Å². The van der Waals surface area contributed by atoms with E-state index in [4.69, 9.17) is 9.47 Å². The van der Waals surface area contributed by atoms with Gasteiger partial charge in [0.15, 0.2) is 0 Å². The highest BCUT2D eigenvalue weighted by Crippen LogP contribution is 2.17. The van der Waals surface area contributed by atoms with Crippen molar-refractivity contribution in [1.82, 2.24) is 0 Å². The van der Waals surface area contributed by atoms with Gasteiger partial charge in [-0.2, -0.15) is 0 Å². The van der Waals surface area contributed by atoms with Gasteiger partial charge in [-0.15, -0.1) is 0 Å². The summed E-state index contributed by atoms with van der Waals surface area (Å²) < 4.78 is 9.98. The molecule has 0 heterocycles. The molecule has 0 fully saturated rings. The zero-order chi connectivity index (χ0) is 21.4. The van der Waals surface area contributed by atoms with Crippen molar-refractivity contribution in [3.05, 3.63) is 95.9 Å². The van der Waals surface area contributed by atoms with Gasteiger partial charge in [-0.25, -0.2) is 4.79 Å². The van der Waals surface area contributed by atoms with Gasteiger partial charge < -0.3 is 9.47 Å². The lowest BCUT2D eigenvalue weighted by molar-refractivity contribution is -0.135. The molecule has 0 rings (SSSR count). The van der Waals surface area contributed by atoms with E-state index in [2.05, 4.69) is 31.9 Å². The first-order chi connectivity index (χ1) is 13.5. The Balaban J connectivity index is 6.27. The Morgan fingerprint density at radius 2 is 1.82 bits per heavy atom. The molecule has 0 aromatic rings. The molecule has 0 saturated carbocycles. The summed E-state index contributed by atoms with van der Waals surface area (Å²) in [4.78, 5) is 11.9. The number of rotatable bonds is 9. The van der Waals surface area contributed by atoms with Crippen molar-refractivity contribution >= 4 is 5.97 Å². The van der Waals surface area contributed by atoms with Gasteiger partial charge in [-0.1, -0.05) is 68.4 Å². The van der Waals surface area contributed by atoms with E-state index in [0.29, 0.717) is 11.1 Å². The summed E-state index contributed by atoms with van der Waals surface area (Å²) in [6.07, 6.45) is 17.1. The second-order valence-corrected chi connectivity index (χ2v) is 5.51. The van der Waals surface area contributed by atoms with Crippen LogP contribution in [0.15, 0.2) is 95.9 Å². The van der Waals surface area contributed by atoms with Gasteiger partial charge >= 0.3 is 5.97 Å². The average Bonchev–Trinajstić information content (AvgIpc) is 2.71. The zero-order valence-electron chi connectivity index (χ0n) is 17.5. The van der Waals surface area contributed by atoms with E-state index in [-0.39, 0.29) is 0 Å². The smallest absolute Gasteiger partial charge is 0.339 e. The standard InChI is InChI=1S/C25H30O3/c1-8-12-15-22(21(10-3)19-18-20(5)27-6)16-13-17-23(14-9-2)24(11-4)25(26)28-7/h8-9,11-12,14-16,18-19H,1,4,10H2,2-3,5-7H3/b14-9-,15-12-,20-18+,21-19-,22-16+,24-23-. The van der Waals surface area contributed by atoms with E-state index in [9.17, 15) is 4.79 Å². The summed E-state index contributed by atoms with van der Waals surface area (Å²) in [7, 11) is 2.97. The van der Waals surface area contributed by atoms with Gasteiger partial charge in [0, 0.05) is 5.57 Å². The third kappa shape index (κ3) is 8.91. The molecule has 0 aliphatic carbocycles. The van der Waals surface area contributed by atoms with E-state index in [1.54, 1.807) is 19.3 Å². The molecular formula is C25H30O3. The van der Waals surface area contributed by atoms with E-state index in [1.165, 1.54) is 13.2 Å². The summed E-state index contributed by atoms with van der Waals surface area (Å²) in [5, 5.41) is 0. The maximum atomic E-state index is 11.9. The fraction of sp³-hybridized carbons (Fsp3) is 0.240. The molecule has 3 nitrogen and oxygen atoms in total. The van der Waals surface area contributed by atoms with Crippen LogP contribution in [0.5, 0.6) is 0 Å². The minimum atomic E-state index is -0.470. The van der Waals surface area contributed by atoms with Crippen LogP contribution in [0.1, 0.15) is 27.2 Å². The monoisotopic (exact) mass is 378 g/mol. The van der Waals surface area contributed by atoms with Gasteiger partial charge in [0.1, 0.15) is 0 Å². The van der Waals surface area contributed by atoms with Crippen molar-refractivity contribution in [2.24, 2.45) is 0 Å². The van der Waals surface area contributed by atoms with E-state index >= 15 is 0 Å². The molecule has 0 radical (unpaired) electrons. The molecular weight excluding hydrogens is 348 g/mol. The van der Waals surface area contributed by atoms with Crippen LogP contribution in [0.25, 0.3) is 0 Å². The molecule has 0 N–H and O–H groups in total. The Kier molecular flexibility index (Phi) is 13.1. The van der Waals surface area contributed by atoms with Gasteiger partial charge in [-0.3, -0.25) is 0 Å². The van der Waals surface area contributed by atoms with Gasteiger partial charge in [0.2, 0.25) is 0 Å². The zero-order valence-corrected chi connectivity index (χ0v) is 17.5. The number of ether oxygens (including phenoxy) is 2. The largest absolute Gasteiger partial charge is 0.501 e. The van der Waals surface area contributed by atoms with Crippen LogP contribution in [0.2, 0.25) is 0 Å². The van der Waals surface area contributed by atoms with Crippen molar-refractivity contribution < 1.29 is 14.3 Å². The Bertz CT molecular complexity index is 800. The molecule has 0 atom stereocenters. The Morgan fingerprint density at radius 3 is 2.32 bits per heavy atom. The maximum absolute atomic E-state index is 11.9. The van der Waals surface area contributed by atoms with Crippen molar-refractivity contribution in [3.63, 3.8) is 0 Å². The molecule has 0 aromatic heterocycles. The highest BCUT2D eigenvalue weighted by molar-refractivity contribution is 5.94. The minimum Gasteiger partial charge on any atom is -0.501 e. The molecule has 0 unspecified atom stereocenters.